The van der Waals surface area contributed by atoms with Crippen LogP contribution in [0.4, 0.5) is 10.1 Å². The van der Waals surface area contributed by atoms with E-state index in [9.17, 15) is 14.0 Å². The van der Waals surface area contributed by atoms with Crippen LogP contribution in [0.1, 0.15) is 19.3 Å². The van der Waals surface area contributed by atoms with E-state index in [0.717, 1.165) is 18.9 Å². The maximum Gasteiger partial charge on any atom is 0.303 e. The van der Waals surface area contributed by atoms with Gasteiger partial charge in [-0.1, -0.05) is 11.6 Å². The number of hydrogen-bond donors (Lipinski definition) is 2. The molecule has 0 radical (unpaired) electrons. The first kappa shape index (κ1) is 16.1. The first-order valence-corrected chi connectivity index (χ1v) is 7.98. The molecular weight excluding hydrogens is 317 g/mol. The number of thioether (sulfide) groups is 1. The molecule has 0 spiro atoms. The molecule has 0 unspecified atom stereocenters. The summed E-state index contributed by atoms with van der Waals surface area (Å²) in [5, 5.41) is 11.6. The average Bonchev–Trinajstić information content (AvgIpc) is 3.11. The molecule has 7 heteroatoms. The van der Waals surface area contributed by atoms with Crippen LogP contribution in [0.15, 0.2) is 18.2 Å². The van der Waals surface area contributed by atoms with Gasteiger partial charge in [0.15, 0.2) is 0 Å². The van der Waals surface area contributed by atoms with Crippen LogP contribution >= 0.6 is 23.4 Å². The molecule has 1 aromatic rings. The Bertz CT molecular complexity index is 563. The quantitative estimate of drug-likeness (QED) is 0.803. The molecule has 1 aliphatic rings. The Kier molecular flexibility index (Phi) is 5.11. The van der Waals surface area contributed by atoms with Crippen LogP contribution in [-0.2, 0) is 9.59 Å². The number of carboxylic acids is 1. The van der Waals surface area contributed by atoms with E-state index in [1.54, 1.807) is 0 Å². The van der Waals surface area contributed by atoms with E-state index in [0.29, 0.717) is 11.4 Å². The number of halogens is 2. The largest absolute Gasteiger partial charge is 0.481 e. The third-order valence-corrected chi connectivity index (χ3v) is 4.93. The Labute approximate surface area is 131 Å². The average molecular weight is 332 g/mol. The second-order valence-electron chi connectivity index (χ2n) is 5.24. The number of amides is 1. The number of aliphatic carboxylic acids is 1. The van der Waals surface area contributed by atoms with Gasteiger partial charge in [0.05, 0.1) is 22.9 Å². The van der Waals surface area contributed by atoms with Crippen LogP contribution in [-0.4, -0.2) is 28.5 Å². The van der Waals surface area contributed by atoms with Crippen LogP contribution in [0, 0.1) is 11.2 Å². The molecule has 2 rings (SSSR count). The van der Waals surface area contributed by atoms with Gasteiger partial charge < -0.3 is 10.4 Å². The summed E-state index contributed by atoms with van der Waals surface area (Å²) in [6, 6.07) is 3.77. The molecule has 1 aliphatic carbocycles. The smallest absolute Gasteiger partial charge is 0.303 e. The van der Waals surface area contributed by atoms with Crippen molar-refractivity contribution in [3.8, 4) is 0 Å². The molecule has 114 valence electrons. The number of benzene rings is 1. The van der Waals surface area contributed by atoms with Crippen molar-refractivity contribution < 1.29 is 19.1 Å². The fraction of sp³-hybridized carbons (Fsp3) is 0.429. The standard InChI is InChI=1S/C14H15ClFNO3S/c15-10-5-9(16)1-2-11(10)17-12(18)7-21-8-14(3-4-14)6-13(19)20/h1-2,5H,3-4,6-8H2,(H,17,18)(H,19,20). The van der Waals surface area contributed by atoms with Gasteiger partial charge in [-0.25, -0.2) is 4.39 Å². The lowest BCUT2D eigenvalue weighted by molar-refractivity contribution is -0.138. The van der Waals surface area contributed by atoms with Gasteiger partial charge in [0.1, 0.15) is 5.82 Å². The molecular formula is C14H15ClFNO3S. The number of rotatable bonds is 7. The number of carboxylic acid groups (broad SMARTS) is 1. The van der Waals surface area contributed by atoms with E-state index in [2.05, 4.69) is 5.32 Å². The monoisotopic (exact) mass is 331 g/mol. The third-order valence-electron chi connectivity index (χ3n) is 3.33. The van der Waals surface area contributed by atoms with Gasteiger partial charge >= 0.3 is 5.97 Å². The maximum atomic E-state index is 12.9. The second-order valence-corrected chi connectivity index (χ2v) is 6.63. The van der Waals surface area contributed by atoms with E-state index in [-0.39, 0.29) is 28.5 Å². The van der Waals surface area contributed by atoms with Crippen molar-refractivity contribution in [2.45, 2.75) is 19.3 Å². The van der Waals surface area contributed by atoms with E-state index in [4.69, 9.17) is 16.7 Å². The van der Waals surface area contributed by atoms with E-state index in [1.807, 2.05) is 0 Å². The highest BCUT2D eigenvalue weighted by Crippen LogP contribution is 2.50. The number of hydrogen-bond acceptors (Lipinski definition) is 3. The van der Waals surface area contributed by atoms with Crippen LogP contribution in [0.5, 0.6) is 0 Å². The zero-order valence-electron chi connectivity index (χ0n) is 11.2. The predicted molar refractivity (Wildman–Crippen MR) is 81.3 cm³/mol. The minimum absolute atomic E-state index is 0.135. The summed E-state index contributed by atoms with van der Waals surface area (Å²) in [4.78, 5) is 22.5. The predicted octanol–water partition coefficient (Wildman–Crippen LogP) is 3.41. The van der Waals surface area contributed by atoms with Gasteiger partial charge in [-0.05, 0) is 42.2 Å². The Morgan fingerprint density at radius 2 is 2.14 bits per heavy atom. The lowest BCUT2D eigenvalue weighted by Gasteiger charge is -2.12. The first-order valence-electron chi connectivity index (χ1n) is 6.45. The summed E-state index contributed by atoms with van der Waals surface area (Å²) in [5.41, 5.74) is 0.236. The Morgan fingerprint density at radius 3 is 2.71 bits per heavy atom. The van der Waals surface area contributed by atoms with Crippen molar-refractivity contribution in [3.05, 3.63) is 29.0 Å². The highest BCUT2D eigenvalue weighted by Gasteiger charge is 2.44. The molecule has 1 saturated carbocycles. The molecule has 1 fully saturated rings. The number of carbonyl (C=O) groups is 2. The lowest BCUT2D eigenvalue weighted by Crippen LogP contribution is -2.17. The molecule has 0 aliphatic heterocycles. The van der Waals surface area contributed by atoms with Crippen LogP contribution in [0.2, 0.25) is 5.02 Å². The number of carbonyl (C=O) groups excluding carboxylic acids is 1. The van der Waals surface area contributed by atoms with Crippen molar-refractivity contribution in [2.75, 3.05) is 16.8 Å². The summed E-state index contributed by atoms with van der Waals surface area (Å²) in [6.45, 7) is 0. The summed E-state index contributed by atoms with van der Waals surface area (Å²) in [7, 11) is 0. The topological polar surface area (TPSA) is 66.4 Å². The maximum absolute atomic E-state index is 12.9. The van der Waals surface area contributed by atoms with Crippen molar-refractivity contribution >= 4 is 40.9 Å². The minimum atomic E-state index is -0.796. The van der Waals surface area contributed by atoms with Crippen molar-refractivity contribution in [1.29, 1.82) is 0 Å². The Balaban J connectivity index is 1.76. The second kappa shape index (κ2) is 6.66. The zero-order valence-corrected chi connectivity index (χ0v) is 12.8. The molecule has 1 aromatic carbocycles. The Morgan fingerprint density at radius 1 is 1.43 bits per heavy atom. The fourth-order valence-electron chi connectivity index (χ4n) is 2.01. The zero-order chi connectivity index (χ0) is 15.5. The molecule has 21 heavy (non-hydrogen) atoms. The molecule has 4 nitrogen and oxygen atoms in total. The van der Waals surface area contributed by atoms with Crippen LogP contribution in [0.25, 0.3) is 0 Å². The minimum Gasteiger partial charge on any atom is -0.481 e. The first-order chi connectivity index (χ1) is 9.90. The van der Waals surface area contributed by atoms with Crippen molar-refractivity contribution in [3.63, 3.8) is 0 Å². The molecule has 0 atom stereocenters. The molecule has 2 N–H and O–H groups in total. The molecule has 0 saturated heterocycles. The number of anilines is 1. The summed E-state index contributed by atoms with van der Waals surface area (Å²) in [6.07, 6.45) is 1.96. The van der Waals surface area contributed by atoms with E-state index < -0.39 is 11.8 Å². The van der Waals surface area contributed by atoms with Gasteiger partial charge in [0.25, 0.3) is 0 Å². The van der Waals surface area contributed by atoms with Gasteiger partial charge in [0.2, 0.25) is 5.91 Å². The molecule has 1 amide bonds. The lowest BCUT2D eigenvalue weighted by atomic mass is 10.1. The normalized spacial score (nSPS) is 15.5. The van der Waals surface area contributed by atoms with Gasteiger partial charge in [-0.3, -0.25) is 9.59 Å². The highest BCUT2D eigenvalue weighted by atomic mass is 35.5. The van der Waals surface area contributed by atoms with Gasteiger partial charge in [0, 0.05) is 0 Å². The van der Waals surface area contributed by atoms with Gasteiger partial charge in [-0.15, -0.1) is 0 Å². The molecule has 0 bridgehead atoms. The Hall–Kier alpha value is -1.27. The van der Waals surface area contributed by atoms with Crippen molar-refractivity contribution in [1.82, 2.24) is 0 Å². The van der Waals surface area contributed by atoms with Crippen molar-refractivity contribution in [2.24, 2.45) is 5.41 Å². The molecule has 0 heterocycles. The summed E-state index contributed by atoms with van der Waals surface area (Å²) >= 11 is 7.23. The SMILES string of the molecule is O=C(O)CC1(CSCC(=O)Nc2ccc(F)cc2Cl)CC1. The number of nitrogens with one attached hydrogen (secondary N) is 1. The van der Waals surface area contributed by atoms with Gasteiger partial charge in [-0.2, -0.15) is 11.8 Å². The van der Waals surface area contributed by atoms with E-state index in [1.165, 1.54) is 23.9 Å². The van der Waals surface area contributed by atoms with Crippen LogP contribution in [0.3, 0.4) is 0 Å². The van der Waals surface area contributed by atoms with Crippen LogP contribution < -0.4 is 5.32 Å². The molecule has 0 aromatic heterocycles. The summed E-state index contributed by atoms with van der Waals surface area (Å²) in [5.74, 6) is -0.620. The fourth-order valence-corrected chi connectivity index (χ4v) is 3.40. The van der Waals surface area contributed by atoms with E-state index >= 15 is 0 Å². The summed E-state index contributed by atoms with van der Waals surface area (Å²) < 4.78 is 12.9. The third kappa shape index (κ3) is 4.89. The highest BCUT2D eigenvalue weighted by molar-refractivity contribution is 8.00.